The molecule has 0 bridgehead atoms. The van der Waals surface area contributed by atoms with E-state index in [1.165, 1.54) is 6.20 Å². The van der Waals surface area contributed by atoms with E-state index in [1.807, 2.05) is 37.3 Å². The topological polar surface area (TPSA) is 82.6 Å². The number of hydrogen-bond acceptors (Lipinski definition) is 7. The highest BCUT2D eigenvalue weighted by Gasteiger charge is 2.19. The molecule has 0 aliphatic carbocycles. The van der Waals surface area contributed by atoms with Crippen LogP contribution >= 0.6 is 0 Å². The number of nitrogens with zero attached hydrogens (tertiary/aromatic N) is 2. The molecule has 0 saturated carbocycles. The number of aromatic nitrogens is 2. The van der Waals surface area contributed by atoms with Crippen molar-refractivity contribution in [3.05, 3.63) is 47.8 Å². The molecule has 0 atom stereocenters. The van der Waals surface area contributed by atoms with Gasteiger partial charge < -0.3 is 19.5 Å². The van der Waals surface area contributed by atoms with Crippen LogP contribution in [0.3, 0.4) is 0 Å². The van der Waals surface area contributed by atoms with Gasteiger partial charge >= 0.3 is 5.97 Å². The van der Waals surface area contributed by atoms with Crippen LogP contribution in [0.1, 0.15) is 23.0 Å². The van der Waals surface area contributed by atoms with E-state index in [-0.39, 0.29) is 13.4 Å². The van der Waals surface area contributed by atoms with Crippen LogP contribution in [0, 0.1) is 6.92 Å². The molecule has 0 amide bonds. The van der Waals surface area contributed by atoms with E-state index >= 15 is 0 Å². The van der Waals surface area contributed by atoms with Crippen LogP contribution in [0.15, 0.2) is 36.5 Å². The first-order valence-corrected chi connectivity index (χ1v) is 8.26. The van der Waals surface area contributed by atoms with Gasteiger partial charge in [-0.1, -0.05) is 0 Å². The van der Waals surface area contributed by atoms with E-state index in [9.17, 15) is 4.79 Å². The molecule has 3 aromatic rings. The Bertz CT molecular complexity index is 1000. The Labute approximate surface area is 149 Å². The Hall–Kier alpha value is -3.35. The van der Waals surface area contributed by atoms with Crippen molar-refractivity contribution >= 4 is 28.4 Å². The SMILES string of the molecule is CCOC(=O)c1cnc2nc(C)ccc2c1Nc1ccc2c(c1)OCO2. The molecule has 1 aliphatic rings. The summed E-state index contributed by atoms with van der Waals surface area (Å²) in [5.74, 6) is 0.906. The quantitative estimate of drug-likeness (QED) is 0.719. The van der Waals surface area contributed by atoms with Gasteiger partial charge in [-0.3, -0.25) is 0 Å². The molecule has 3 heterocycles. The largest absolute Gasteiger partial charge is 0.462 e. The Morgan fingerprint density at radius 3 is 2.92 bits per heavy atom. The summed E-state index contributed by atoms with van der Waals surface area (Å²) < 4.78 is 15.9. The van der Waals surface area contributed by atoms with E-state index in [0.29, 0.717) is 28.4 Å². The summed E-state index contributed by atoms with van der Waals surface area (Å²) in [5.41, 5.74) is 3.11. The van der Waals surface area contributed by atoms with Crippen LogP contribution in [0.2, 0.25) is 0 Å². The van der Waals surface area contributed by atoms with E-state index in [1.54, 1.807) is 6.92 Å². The van der Waals surface area contributed by atoms with Crippen molar-refractivity contribution < 1.29 is 19.0 Å². The zero-order valence-corrected chi connectivity index (χ0v) is 14.4. The normalized spacial score (nSPS) is 12.2. The predicted octanol–water partition coefficient (Wildman–Crippen LogP) is 3.59. The number of hydrogen-bond donors (Lipinski definition) is 1. The molecule has 7 heteroatoms. The summed E-state index contributed by atoms with van der Waals surface area (Å²) in [7, 11) is 0. The molecule has 4 rings (SSSR count). The van der Waals surface area contributed by atoms with Gasteiger partial charge in [0.1, 0.15) is 5.56 Å². The molecule has 1 aliphatic heterocycles. The fourth-order valence-electron chi connectivity index (χ4n) is 2.79. The maximum atomic E-state index is 12.4. The van der Waals surface area contributed by atoms with E-state index in [0.717, 1.165) is 16.8 Å². The van der Waals surface area contributed by atoms with Crippen molar-refractivity contribution in [2.45, 2.75) is 13.8 Å². The third-order valence-corrected chi connectivity index (χ3v) is 4.01. The highest BCUT2D eigenvalue weighted by atomic mass is 16.7. The maximum Gasteiger partial charge on any atom is 0.341 e. The number of ether oxygens (including phenoxy) is 3. The van der Waals surface area contributed by atoms with Crippen molar-refractivity contribution in [3.63, 3.8) is 0 Å². The minimum absolute atomic E-state index is 0.203. The molecule has 0 radical (unpaired) electrons. The minimum Gasteiger partial charge on any atom is -0.462 e. The maximum absolute atomic E-state index is 12.4. The lowest BCUT2D eigenvalue weighted by molar-refractivity contribution is 0.0527. The molecular formula is C19H17N3O4. The highest BCUT2D eigenvalue weighted by Crippen LogP contribution is 2.36. The van der Waals surface area contributed by atoms with E-state index < -0.39 is 5.97 Å². The molecule has 1 aromatic carbocycles. The van der Waals surface area contributed by atoms with Gasteiger partial charge in [-0.2, -0.15) is 0 Å². The van der Waals surface area contributed by atoms with E-state index in [2.05, 4.69) is 15.3 Å². The third kappa shape index (κ3) is 2.88. The first-order chi connectivity index (χ1) is 12.7. The zero-order chi connectivity index (χ0) is 18.1. The number of aryl methyl sites for hydroxylation is 1. The average Bonchev–Trinajstić information content (AvgIpc) is 3.09. The van der Waals surface area contributed by atoms with E-state index in [4.69, 9.17) is 14.2 Å². The number of nitrogens with one attached hydrogen (secondary N) is 1. The number of anilines is 2. The minimum atomic E-state index is -0.439. The number of fused-ring (bicyclic) bond motifs is 2. The smallest absolute Gasteiger partial charge is 0.341 e. The van der Waals surface area contributed by atoms with Crippen LogP contribution < -0.4 is 14.8 Å². The molecule has 0 saturated heterocycles. The van der Waals surface area contributed by atoms with Crippen molar-refractivity contribution in [2.75, 3.05) is 18.7 Å². The van der Waals surface area contributed by atoms with Crippen LogP contribution in [-0.4, -0.2) is 29.3 Å². The molecule has 7 nitrogen and oxygen atoms in total. The molecule has 0 fully saturated rings. The predicted molar refractivity (Wildman–Crippen MR) is 96.1 cm³/mol. The fraction of sp³-hybridized carbons (Fsp3) is 0.211. The summed E-state index contributed by atoms with van der Waals surface area (Å²) in [5, 5.41) is 4.02. The van der Waals surface area contributed by atoms with Crippen LogP contribution in [-0.2, 0) is 4.74 Å². The number of benzene rings is 1. The molecule has 0 unspecified atom stereocenters. The number of esters is 1. The zero-order valence-electron chi connectivity index (χ0n) is 14.4. The van der Waals surface area contributed by atoms with Gasteiger partial charge in [0, 0.05) is 29.0 Å². The molecular weight excluding hydrogens is 334 g/mol. The monoisotopic (exact) mass is 351 g/mol. The standard InChI is InChI=1S/C19H17N3O4/c1-3-24-19(23)14-9-20-18-13(6-4-11(2)21-18)17(14)22-12-5-7-15-16(8-12)26-10-25-15/h4-9H,3,10H2,1-2H3,(H,20,21,22). The van der Waals surface area contributed by atoms with Crippen LogP contribution in [0.4, 0.5) is 11.4 Å². The average molecular weight is 351 g/mol. The van der Waals surface area contributed by atoms with Crippen molar-refractivity contribution in [2.24, 2.45) is 0 Å². The molecule has 1 N–H and O–H groups in total. The van der Waals surface area contributed by atoms with Gasteiger partial charge in [0.15, 0.2) is 17.1 Å². The molecule has 132 valence electrons. The van der Waals surface area contributed by atoms with Crippen molar-refractivity contribution in [1.82, 2.24) is 9.97 Å². The third-order valence-electron chi connectivity index (χ3n) is 4.01. The Kier molecular flexibility index (Phi) is 4.04. The molecule has 2 aromatic heterocycles. The lowest BCUT2D eigenvalue weighted by Gasteiger charge is -2.14. The summed E-state index contributed by atoms with van der Waals surface area (Å²) >= 11 is 0. The number of carbonyl (C=O) groups is 1. The molecule has 26 heavy (non-hydrogen) atoms. The highest BCUT2D eigenvalue weighted by molar-refractivity contribution is 6.05. The van der Waals surface area contributed by atoms with Gasteiger partial charge in [0.2, 0.25) is 6.79 Å². The Balaban J connectivity index is 1.82. The lowest BCUT2D eigenvalue weighted by Crippen LogP contribution is -2.09. The fourth-order valence-corrected chi connectivity index (χ4v) is 2.79. The number of rotatable bonds is 4. The van der Waals surface area contributed by atoms with Gasteiger partial charge in [-0.15, -0.1) is 0 Å². The first-order valence-electron chi connectivity index (χ1n) is 8.26. The Morgan fingerprint density at radius 2 is 2.08 bits per heavy atom. The first kappa shape index (κ1) is 16.1. The number of pyridine rings is 2. The van der Waals surface area contributed by atoms with Crippen LogP contribution in [0.5, 0.6) is 11.5 Å². The van der Waals surface area contributed by atoms with Gasteiger partial charge in [0.05, 0.1) is 12.3 Å². The van der Waals surface area contributed by atoms with Gasteiger partial charge in [-0.25, -0.2) is 14.8 Å². The summed E-state index contributed by atoms with van der Waals surface area (Å²) in [6, 6.07) is 9.27. The van der Waals surface area contributed by atoms with Gasteiger partial charge in [0.25, 0.3) is 0 Å². The van der Waals surface area contributed by atoms with Gasteiger partial charge in [-0.05, 0) is 38.1 Å². The second kappa shape index (κ2) is 6.51. The lowest BCUT2D eigenvalue weighted by atomic mass is 10.1. The second-order valence-corrected chi connectivity index (χ2v) is 5.78. The second-order valence-electron chi connectivity index (χ2n) is 5.78. The summed E-state index contributed by atoms with van der Waals surface area (Å²) in [6.07, 6.45) is 1.49. The van der Waals surface area contributed by atoms with Crippen molar-refractivity contribution in [3.8, 4) is 11.5 Å². The summed E-state index contributed by atoms with van der Waals surface area (Å²) in [4.78, 5) is 21.1. The van der Waals surface area contributed by atoms with Crippen LogP contribution in [0.25, 0.3) is 11.0 Å². The van der Waals surface area contributed by atoms with Crippen molar-refractivity contribution in [1.29, 1.82) is 0 Å². The molecule has 0 spiro atoms. The Morgan fingerprint density at radius 1 is 1.23 bits per heavy atom. The summed E-state index contributed by atoms with van der Waals surface area (Å²) in [6.45, 7) is 4.15. The number of carbonyl (C=O) groups excluding carboxylic acids is 1.